The minimum atomic E-state index is -1.59. The van der Waals surface area contributed by atoms with Crippen molar-refractivity contribution in [1.29, 1.82) is 5.26 Å². The molecule has 0 aromatic heterocycles. The lowest BCUT2D eigenvalue weighted by molar-refractivity contribution is -0.149. The summed E-state index contributed by atoms with van der Waals surface area (Å²) in [6.45, 7) is 0. The molecule has 0 spiro atoms. The second-order valence-electron chi connectivity index (χ2n) is 7.05. The van der Waals surface area contributed by atoms with E-state index in [9.17, 15) is 15.2 Å². The zero-order valence-corrected chi connectivity index (χ0v) is 18.0. The van der Waals surface area contributed by atoms with Gasteiger partial charge in [-0.05, 0) is 29.8 Å². The summed E-state index contributed by atoms with van der Waals surface area (Å²) in [4.78, 5) is 14.5. The Morgan fingerprint density at radius 1 is 1.23 bits per heavy atom. The van der Waals surface area contributed by atoms with Gasteiger partial charge in [-0.1, -0.05) is 29.8 Å². The van der Waals surface area contributed by atoms with Crippen LogP contribution >= 0.6 is 23.4 Å². The van der Waals surface area contributed by atoms with E-state index >= 15 is 0 Å². The van der Waals surface area contributed by atoms with Gasteiger partial charge >= 0.3 is 0 Å². The molecule has 2 atom stereocenters. The summed E-state index contributed by atoms with van der Waals surface area (Å²) in [5, 5.41) is 22.5. The third-order valence-corrected chi connectivity index (χ3v) is 6.87. The maximum atomic E-state index is 13.2. The lowest BCUT2D eigenvalue weighted by Crippen LogP contribution is -2.48. The number of allylic oxidation sites excluding steroid dienone is 1. The quantitative estimate of drug-likeness (QED) is 0.770. The van der Waals surface area contributed by atoms with Crippen LogP contribution in [0, 0.1) is 11.3 Å². The number of thioether (sulfide) groups is 1. The van der Waals surface area contributed by atoms with Gasteiger partial charge in [-0.15, -0.1) is 11.8 Å². The molecule has 1 saturated heterocycles. The minimum Gasteiger partial charge on any atom is -0.493 e. The zero-order chi connectivity index (χ0) is 21.5. The summed E-state index contributed by atoms with van der Waals surface area (Å²) >= 11 is 7.42. The highest BCUT2D eigenvalue weighted by atomic mass is 35.5. The molecule has 2 aromatic carbocycles. The van der Waals surface area contributed by atoms with Crippen molar-refractivity contribution in [2.75, 3.05) is 20.0 Å². The van der Waals surface area contributed by atoms with Crippen molar-refractivity contribution < 1.29 is 19.4 Å². The first kappa shape index (κ1) is 20.6. The molecular weight excluding hydrogens is 424 g/mol. The molecule has 0 aliphatic carbocycles. The van der Waals surface area contributed by atoms with E-state index < -0.39 is 11.6 Å². The topological polar surface area (TPSA) is 82.8 Å². The standard InChI is InChI=1S/C22H19ClN2O4S/c1-28-18-7-6-14(9-19(18)29-2)22(27)12-30-21-17(11-24)16(10-20(26)25(21)22)13-4-3-5-15(23)8-13/h3-9,16,27H,10,12H2,1-2H3/t16-,22-/m0/s1. The molecule has 2 aliphatic heterocycles. The monoisotopic (exact) mass is 442 g/mol. The average Bonchev–Trinajstić information content (AvgIpc) is 3.12. The molecule has 8 heteroatoms. The van der Waals surface area contributed by atoms with Gasteiger partial charge < -0.3 is 14.6 Å². The van der Waals surface area contributed by atoms with Gasteiger partial charge in [0.2, 0.25) is 5.91 Å². The number of nitrogens with zero attached hydrogens (tertiary/aromatic N) is 2. The van der Waals surface area contributed by atoms with Crippen LogP contribution in [0.5, 0.6) is 11.5 Å². The molecule has 2 aromatic rings. The number of hydrogen-bond donors (Lipinski definition) is 1. The summed E-state index contributed by atoms with van der Waals surface area (Å²) in [7, 11) is 3.04. The number of hydrogen-bond acceptors (Lipinski definition) is 6. The Kier molecular flexibility index (Phi) is 5.41. The van der Waals surface area contributed by atoms with Crippen LogP contribution in [0.1, 0.15) is 23.5 Å². The molecule has 0 saturated carbocycles. The van der Waals surface area contributed by atoms with Crippen LogP contribution in [0.25, 0.3) is 0 Å². The number of amides is 1. The molecule has 0 bridgehead atoms. The van der Waals surface area contributed by atoms with E-state index in [2.05, 4.69) is 6.07 Å². The molecule has 6 nitrogen and oxygen atoms in total. The number of ether oxygens (including phenoxy) is 2. The molecule has 4 rings (SSSR count). The third kappa shape index (κ3) is 3.21. The second-order valence-corrected chi connectivity index (χ2v) is 8.45. The number of nitriles is 1. The molecule has 1 amide bonds. The second kappa shape index (κ2) is 7.88. The van der Waals surface area contributed by atoms with E-state index in [0.29, 0.717) is 32.7 Å². The molecule has 2 aliphatic rings. The van der Waals surface area contributed by atoms with Crippen LogP contribution in [0.15, 0.2) is 53.1 Å². The maximum absolute atomic E-state index is 13.2. The Balaban J connectivity index is 1.80. The number of aliphatic hydroxyl groups is 1. The van der Waals surface area contributed by atoms with Crippen LogP contribution in [0.4, 0.5) is 0 Å². The Bertz CT molecular complexity index is 1100. The zero-order valence-electron chi connectivity index (χ0n) is 16.4. The summed E-state index contributed by atoms with van der Waals surface area (Å²) in [5.41, 5.74) is 0.173. The van der Waals surface area contributed by atoms with Gasteiger partial charge in [-0.3, -0.25) is 9.69 Å². The summed E-state index contributed by atoms with van der Waals surface area (Å²) in [6, 6.07) is 14.5. The predicted molar refractivity (Wildman–Crippen MR) is 114 cm³/mol. The van der Waals surface area contributed by atoms with Crippen LogP contribution in [0.2, 0.25) is 5.02 Å². The molecule has 30 heavy (non-hydrogen) atoms. The van der Waals surface area contributed by atoms with Crippen molar-refractivity contribution in [1.82, 2.24) is 4.90 Å². The number of halogens is 1. The number of carbonyl (C=O) groups excluding carboxylic acids is 1. The fourth-order valence-corrected chi connectivity index (χ4v) is 5.49. The highest BCUT2D eigenvalue weighted by Gasteiger charge is 2.52. The van der Waals surface area contributed by atoms with E-state index in [1.165, 1.54) is 30.9 Å². The van der Waals surface area contributed by atoms with E-state index in [4.69, 9.17) is 21.1 Å². The summed E-state index contributed by atoms with van der Waals surface area (Å²) in [6.07, 6.45) is 0.0723. The van der Waals surface area contributed by atoms with Gasteiger partial charge in [0, 0.05) is 22.9 Å². The van der Waals surface area contributed by atoms with Crippen molar-refractivity contribution in [2.24, 2.45) is 0 Å². The lowest BCUT2D eigenvalue weighted by atomic mass is 9.85. The van der Waals surface area contributed by atoms with Crippen molar-refractivity contribution in [3.63, 3.8) is 0 Å². The average molecular weight is 443 g/mol. The molecular formula is C22H19ClN2O4S. The van der Waals surface area contributed by atoms with Crippen LogP contribution < -0.4 is 9.47 Å². The number of benzene rings is 2. The highest BCUT2D eigenvalue weighted by molar-refractivity contribution is 8.03. The number of carbonyl (C=O) groups is 1. The number of fused-ring (bicyclic) bond motifs is 1. The first-order valence-electron chi connectivity index (χ1n) is 9.23. The molecule has 0 unspecified atom stereocenters. The molecule has 0 radical (unpaired) electrons. The van der Waals surface area contributed by atoms with Crippen molar-refractivity contribution in [3.8, 4) is 17.6 Å². The van der Waals surface area contributed by atoms with Crippen LogP contribution in [-0.4, -0.2) is 35.9 Å². The fraction of sp³-hybridized carbons (Fsp3) is 0.273. The number of methoxy groups -OCH3 is 2. The van der Waals surface area contributed by atoms with E-state index in [1.807, 2.05) is 6.07 Å². The third-order valence-electron chi connectivity index (χ3n) is 5.41. The van der Waals surface area contributed by atoms with Gasteiger partial charge in [0.1, 0.15) is 0 Å². The van der Waals surface area contributed by atoms with E-state index in [0.717, 1.165) is 5.56 Å². The van der Waals surface area contributed by atoms with E-state index in [-0.39, 0.29) is 18.1 Å². The summed E-state index contributed by atoms with van der Waals surface area (Å²) < 4.78 is 10.6. The first-order chi connectivity index (χ1) is 14.4. The van der Waals surface area contributed by atoms with Gasteiger partial charge in [0.15, 0.2) is 17.2 Å². The predicted octanol–water partition coefficient (Wildman–Crippen LogP) is 4.00. The van der Waals surface area contributed by atoms with Gasteiger partial charge in [-0.2, -0.15) is 5.26 Å². The smallest absolute Gasteiger partial charge is 0.231 e. The highest BCUT2D eigenvalue weighted by Crippen LogP contribution is 2.52. The first-order valence-corrected chi connectivity index (χ1v) is 10.6. The van der Waals surface area contributed by atoms with Gasteiger partial charge in [0.25, 0.3) is 0 Å². The number of rotatable bonds is 4. The summed E-state index contributed by atoms with van der Waals surface area (Å²) in [5.74, 6) is 0.531. The minimum absolute atomic E-state index is 0.0723. The largest absolute Gasteiger partial charge is 0.493 e. The van der Waals surface area contributed by atoms with Crippen LogP contribution in [-0.2, 0) is 10.5 Å². The van der Waals surface area contributed by atoms with Gasteiger partial charge in [-0.25, -0.2) is 0 Å². The Morgan fingerprint density at radius 2 is 2.00 bits per heavy atom. The lowest BCUT2D eigenvalue weighted by Gasteiger charge is -2.38. The SMILES string of the molecule is COc1ccc([C@@]2(O)CSC3=C(C#N)[C@H](c4cccc(Cl)c4)CC(=O)N32)cc1OC. The Hall–Kier alpha value is -2.66. The van der Waals surface area contributed by atoms with Crippen LogP contribution in [0.3, 0.4) is 0 Å². The normalized spacial score (nSPS) is 23.2. The molecule has 1 N–H and O–H groups in total. The molecule has 1 fully saturated rings. The van der Waals surface area contributed by atoms with Crippen molar-refractivity contribution in [2.45, 2.75) is 18.1 Å². The maximum Gasteiger partial charge on any atom is 0.231 e. The van der Waals surface area contributed by atoms with Gasteiger partial charge in [0.05, 0.1) is 36.6 Å². The van der Waals surface area contributed by atoms with Crippen molar-refractivity contribution in [3.05, 3.63) is 69.2 Å². The Morgan fingerprint density at radius 3 is 2.67 bits per heavy atom. The molecule has 2 heterocycles. The fourth-order valence-electron chi connectivity index (χ4n) is 3.93. The Labute approximate surface area is 183 Å². The van der Waals surface area contributed by atoms with Crippen molar-refractivity contribution >= 4 is 29.3 Å². The van der Waals surface area contributed by atoms with E-state index in [1.54, 1.807) is 36.4 Å². The molecule has 154 valence electrons.